The average molecular weight is 223 g/mol. The van der Waals surface area contributed by atoms with Gasteiger partial charge in [-0.05, 0) is 6.07 Å². The van der Waals surface area contributed by atoms with Gasteiger partial charge in [-0.2, -0.15) is 0 Å². The first kappa shape index (κ1) is 9.46. The molecular formula is C7H5N5O2S. The summed E-state index contributed by atoms with van der Waals surface area (Å²) in [5.41, 5.74) is 5.87. The van der Waals surface area contributed by atoms with Gasteiger partial charge in [-0.15, -0.1) is 10.2 Å². The van der Waals surface area contributed by atoms with Crippen molar-refractivity contribution < 1.29 is 4.92 Å². The topological polar surface area (TPSA) is 108 Å². The first-order valence-electron chi connectivity index (χ1n) is 3.86. The third kappa shape index (κ3) is 1.89. The fourth-order valence-electron chi connectivity index (χ4n) is 0.959. The van der Waals surface area contributed by atoms with Gasteiger partial charge in [0.1, 0.15) is 11.9 Å². The van der Waals surface area contributed by atoms with Gasteiger partial charge < -0.3 is 5.73 Å². The number of aromatic nitrogens is 3. The molecule has 2 rings (SSSR count). The van der Waals surface area contributed by atoms with E-state index in [0.29, 0.717) is 15.8 Å². The normalized spacial score (nSPS) is 10.1. The molecule has 0 fully saturated rings. The Kier molecular flexibility index (Phi) is 2.26. The molecule has 8 heteroatoms. The van der Waals surface area contributed by atoms with Gasteiger partial charge in [0.2, 0.25) is 5.13 Å². The number of hydrogen-bond acceptors (Lipinski definition) is 7. The van der Waals surface area contributed by atoms with Crippen LogP contribution >= 0.6 is 11.3 Å². The molecule has 2 heterocycles. The summed E-state index contributed by atoms with van der Waals surface area (Å²) in [6.07, 6.45) is 1.17. The quantitative estimate of drug-likeness (QED) is 0.603. The van der Waals surface area contributed by atoms with Crippen LogP contribution in [-0.2, 0) is 0 Å². The van der Waals surface area contributed by atoms with Crippen molar-refractivity contribution in [3.8, 4) is 10.7 Å². The van der Waals surface area contributed by atoms with Crippen molar-refractivity contribution in [2.75, 3.05) is 5.73 Å². The molecule has 0 amide bonds. The Balaban J connectivity index is 2.35. The van der Waals surface area contributed by atoms with Gasteiger partial charge in [0.15, 0.2) is 5.01 Å². The summed E-state index contributed by atoms with van der Waals surface area (Å²) in [7, 11) is 0. The molecule has 0 aromatic carbocycles. The minimum absolute atomic E-state index is 0.0590. The van der Waals surface area contributed by atoms with Gasteiger partial charge >= 0.3 is 0 Å². The summed E-state index contributed by atoms with van der Waals surface area (Å²) in [5, 5.41) is 18.6. The van der Waals surface area contributed by atoms with Crippen LogP contribution in [0.3, 0.4) is 0 Å². The maximum atomic E-state index is 10.4. The van der Waals surface area contributed by atoms with E-state index < -0.39 is 4.92 Å². The molecule has 0 atom stereocenters. The van der Waals surface area contributed by atoms with Crippen molar-refractivity contribution in [3.05, 3.63) is 28.4 Å². The van der Waals surface area contributed by atoms with E-state index in [-0.39, 0.29) is 5.69 Å². The van der Waals surface area contributed by atoms with Crippen LogP contribution < -0.4 is 5.73 Å². The fraction of sp³-hybridized carbons (Fsp3) is 0. The van der Waals surface area contributed by atoms with Crippen molar-refractivity contribution in [2.24, 2.45) is 0 Å². The van der Waals surface area contributed by atoms with Crippen LogP contribution in [0.2, 0.25) is 0 Å². The standard InChI is InChI=1S/C7H5N5O2S/c8-7-11-10-6(15-7)5-2-1-4(3-9-5)12(13)14/h1-3H,(H2,8,11). The number of rotatable bonds is 2. The van der Waals surface area contributed by atoms with Gasteiger partial charge in [-0.25, -0.2) is 4.98 Å². The number of anilines is 1. The molecule has 0 saturated carbocycles. The van der Waals surface area contributed by atoms with Crippen molar-refractivity contribution in [2.45, 2.75) is 0 Å². The summed E-state index contributed by atoms with van der Waals surface area (Å²) < 4.78 is 0. The number of nitro groups is 1. The molecule has 7 nitrogen and oxygen atoms in total. The van der Waals surface area contributed by atoms with Gasteiger partial charge in [0.25, 0.3) is 5.69 Å². The molecule has 76 valence electrons. The first-order chi connectivity index (χ1) is 7.16. The van der Waals surface area contributed by atoms with Gasteiger partial charge in [-0.3, -0.25) is 10.1 Å². The molecule has 2 aromatic rings. The molecule has 0 spiro atoms. The summed E-state index contributed by atoms with van der Waals surface area (Å²) in [6, 6.07) is 2.87. The number of pyridine rings is 1. The third-order valence-corrected chi connectivity index (χ3v) is 2.39. The lowest BCUT2D eigenvalue weighted by Gasteiger charge is -1.93. The van der Waals surface area contributed by atoms with E-state index in [4.69, 9.17) is 5.73 Å². The summed E-state index contributed by atoms with van der Waals surface area (Å²) in [6.45, 7) is 0. The maximum absolute atomic E-state index is 10.4. The van der Waals surface area contributed by atoms with Crippen molar-refractivity contribution in [3.63, 3.8) is 0 Å². The molecule has 0 bridgehead atoms. The van der Waals surface area contributed by atoms with Gasteiger partial charge in [0, 0.05) is 6.07 Å². The zero-order valence-electron chi connectivity index (χ0n) is 7.32. The Morgan fingerprint density at radius 2 is 2.20 bits per heavy atom. The second-order valence-electron chi connectivity index (χ2n) is 2.60. The summed E-state index contributed by atoms with van der Waals surface area (Å²) in [4.78, 5) is 13.8. The van der Waals surface area contributed by atoms with Crippen molar-refractivity contribution in [1.82, 2.24) is 15.2 Å². The molecular weight excluding hydrogens is 218 g/mol. The SMILES string of the molecule is Nc1nnc(-c2ccc([N+](=O)[O-])cn2)s1. The number of nitrogens with two attached hydrogens (primary N) is 1. The average Bonchev–Trinajstić information content (AvgIpc) is 2.65. The van der Waals surface area contributed by atoms with Crippen LogP contribution in [0.4, 0.5) is 10.8 Å². The van der Waals surface area contributed by atoms with Crippen LogP contribution in [0.25, 0.3) is 10.7 Å². The van der Waals surface area contributed by atoms with Crippen LogP contribution in [0.15, 0.2) is 18.3 Å². The van der Waals surface area contributed by atoms with E-state index in [1.54, 1.807) is 0 Å². The highest BCUT2D eigenvalue weighted by Gasteiger charge is 2.09. The minimum atomic E-state index is -0.509. The zero-order chi connectivity index (χ0) is 10.8. The molecule has 0 saturated heterocycles. The van der Waals surface area contributed by atoms with Gasteiger partial charge in [0.05, 0.1) is 4.92 Å². The molecule has 0 aliphatic rings. The molecule has 0 unspecified atom stereocenters. The monoisotopic (exact) mass is 223 g/mol. The molecule has 15 heavy (non-hydrogen) atoms. The largest absolute Gasteiger partial charge is 0.374 e. The van der Waals surface area contributed by atoms with E-state index in [1.165, 1.54) is 29.7 Å². The Bertz CT molecular complexity index is 494. The predicted molar refractivity (Wildman–Crippen MR) is 54.2 cm³/mol. The summed E-state index contributed by atoms with van der Waals surface area (Å²) >= 11 is 1.18. The Hall–Kier alpha value is -2.09. The maximum Gasteiger partial charge on any atom is 0.287 e. The van der Waals surface area contributed by atoms with Crippen LogP contribution in [0.1, 0.15) is 0 Å². The van der Waals surface area contributed by atoms with Gasteiger partial charge in [-0.1, -0.05) is 11.3 Å². The fourth-order valence-corrected chi connectivity index (χ4v) is 1.55. The number of hydrogen-bond donors (Lipinski definition) is 1. The highest BCUT2D eigenvalue weighted by Crippen LogP contribution is 2.23. The number of nitrogen functional groups attached to an aromatic ring is 1. The van der Waals surface area contributed by atoms with Crippen LogP contribution in [-0.4, -0.2) is 20.1 Å². The second kappa shape index (κ2) is 3.58. The third-order valence-electron chi connectivity index (χ3n) is 1.62. The zero-order valence-corrected chi connectivity index (χ0v) is 8.14. The Labute approximate surface area is 87.7 Å². The smallest absolute Gasteiger partial charge is 0.287 e. The van der Waals surface area contributed by atoms with Crippen LogP contribution in [0, 0.1) is 10.1 Å². The van der Waals surface area contributed by atoms with E-state index in [1.807, 2.05) is 0 Å². The van der Waals surface area contributed by atoms with Crippen molar-refractivity contribution in [1.29, 1.82) is 0 Å². The molecule has 0 radical (unpaired) electrons. The Morgan fingerprint density at radius 3 is 2.67 bits per heavy atom. The van der Waals surface area contributed by atoms with E-state index in [0.717, 1.165) is 0 Å². The van der Waals surface area contributed by atoms with E-state index in [9.17, 15) is 10.1 Å². The lowest BCUT2D eigenvalue weighted by Crippen LogP contribution is -1.89. The number of nitrogens with zero attached hydrogens (tertiary/aromatic N) is 4. The molecule has 2 N–H and O–H groups in total. The molecule has 2 aromatic heterocycles. The van der Waals surface area contributed by atoms with E-state index >= 15 is 0 Å². The molecule has 0 aliphatic heterocycles. The minimum Gasteiger partial charge on any atom is -0.374 e. The van der Waals surface area contributed by atoms with Crippen LogP contribution in [0.5, 0.6) is 0 Å². The summed E-state index contributed by atoms with van der Waals surface area (Å²) in [5.74, 6) is 0. The highest BCUT2D eigenvalue weighted by molar-refractivity contribution is 7.18. The Morgan fingerprint density at radius 1 is 1.40 bits per heavy atom. The lowest BCUT2D eigenvalue weighted by atomic mass is 10.3. The van der Waals surface area contributed by atoms with Crippen molar-refractivity contribution >= 4 is 22.2 Å². The first-order valence-corrected chi connectivity index (χ1v) is 4.68. The molecule has 0 aliphatic carbocycles. The lowest BCUT2D eigenvalue weighted by molar-refractivity contribution is -0.385. The highest BCUT2D eigenvalue weighted by atomic mass is 32.1. The van der Waals surface area contributed by atoms with E-state index in [2.05, 4.69) is 15.2 Å². The predicted octanol–water partition coefficient (Wildman–Crippen LogP) is 1.09. The second-order valence-corrected chi connectivity index (χ2v) is 3.61.